The highest BCUT2D eigenvalue weighted by Gasteiger charge is 2.34. The van der Waals surface area contributed by atoms with E-state index in [-0.39, 0.29) is 30.1 Å². The third-order valence-electron chi connectivity index (χ3n) is 3.42. The van der Waals surface area contributed by atoms with Gasteiger partial charge in [-0.05, 0) is 25.2 Å². The van der Waals surface area contributed by atoms with Gasteiger partial charge in [0.25, 0.3) is 0 Å². The van der Waals surface area contributed by atoms with E-state index < -0.39 is 0 Å². The first kappa shape index (κ1) is 14.9. The Balaban J connectivity index is 2.45. The molecular weight excluding hydrogens is 230 g/mol. The number of carbonyl (C=O) groups is 2. The van der Waals surface area contributed by atoms with Crippen molar-refractivity contribution in [2.24, 2.45) is 11.8 Å². The topological polar surface area (TPSA) is 66.4 Å². The van der Waals surface area contributed by atoms with Crippen LogP contribution < -0.4 is 5.32 Å². The summed E-state index contributed by atoms with van der Waals surface area (Å²) in [5.74, 6) is 0.398. The molecule has 0 spiro atoms. The lowest BCUT2D eigenvalue weighted by molar-refractivity contribution is -0.123. The molecule has 2 atom stereocenters. The van der Waals surface area contributed by atoms with Crippen molar-refractivity contribution in [3.8, 4) is 0 Å². The van der Waals surface area contributed by atoms with Gasteiger partial charge in [-0.15, -0.1) is 0 Å². The van der Waals surface area contributed by atoms with Crippen molar-refractivity contribution in [1.29, 1.82) is 0 Å². The Morgan fingerprint density at radius 2 is 2.28 bits per heavy atom. The van der Waals surface area contributed by atoms with E-state index in [1.807, 2.05) is 6.08 Å². The maximum absolute atomic E-state index is 11.8. The first-order valence-corrected chi connectivity index (χ1v) is 6.74. The first-order valence-electron chi connectivity index (χ1n) is 6.74. The quantitative estimate of drug-likeness (QED) is 0.675. The van der Waals surface area contributed by atoms with E-state index in [2.05, 4.69) is 18.3 Å². The number of ketones is 1. The number of hydrogen-bond acceptors (Lipinski definition) is 3. The van der Waals surface area contributed by atoms with Crippen molar-refractivity contribution in [3.63, 3.8) is 0 Å². The number of rotatable bonds is 7. The van der Waals surface area contributed by atoms with Crippen LogP contribution in [-0.2, 0) is 9.59 Å². The van der Waals surface area contributed by atoms with Crippen molar-refractivity contribution in [3.05, 3.63) is 12.2 Å². The van der Waals surface area contributed by atoms with E-state index in [1.54, 1.807) is 0 Å². The van der Waals surface area contributed by atoms with Gasteiger partial charge in [-0.3, -0.25) is 9.59 Å². The second-order valence-corrected chi connectivity index (χ2v) is 4.76. The average Bonchev–Trinajstić information content (AvgIpc) is 2.69. The zero-order valence-corrected chi connectivity index (χ0v) is 11.0. The fourth-order valence-electron chi connectivity index (χ4n) is 2.46. The number of aliphatic hydroxyl groups excluding tert-OH is 1. The highest BCUT2D eigenvalue weighted by molar-refractivity contribution is 5.85. The maximum Gasteiger partial charge on any atom is 0.220 e. The maximum atomic E-state index is 11.8. The molecule has 1 amide bonds. The number of aliphatic hydroxyl groups is 1. The van der Waals surface area contributed by atoms with Gasteiger partial charge in [-0.2, -0.15) is 0 Å². The summed E-state index contributed by atoms with van der Waals surface area (Å²) < 4.78 is 0. The molecule has 0 radical (unpaired) electrons. The third-order valence-corrected chi connectivity index (χ3v) is 3.42. The lowest BCUT2D eigenvalue weighted by atomic mass is 9.89. The number of amides is 1. The zero-order chi connectivity index (χ0) is 13.4. The molecule has 0 aliphatic heterocycles. The molecule has 0 unspecified atom stereocenters. The van der Waals surface area contributed by atoms with Crippen LogP contribution in [0.1, 0.15) is 39.0 Å². The fraction of sp³-hybridized carbons (Fsp3) is 0.714. The Morgan fingerprint density at radius 1 is 1.50 bits per heavy atom. The van der Waals surface area contributed by atoms with Crippen LogP contribution in [-0.4, -0.2) is 29.9 Å². The summed E-state index contributed by atoms with van der Waals surface area (Å²) in [7, 11) is 0. The van der Waals surface area contributed by atoms with Crippen molar-refractivity contribution < 1.29 is 14.7 Å². The minimum absolute atomic E-state index is 0.00711. The lowest BCUT2D eigenvalue weighted by Gasteiger charge is -2.16. The van der Waals surface area contributed by atoms with E-state index in [0.29, 0.717) is 19.4 Å². The molecule has 0 aromatic heterocycles. The summed E-state index contributed by atoms with van der Waals surface area (Å²) in [6.07, 6.45) is 7.66. The molecule has 1 aliphatic carbocycles. The number of allylic oxidation sites excluding steroid dienone is 2. The second kappa shape index (κ2) is 8.03. The van der Waals surface area contributed by atoms with Gasteiger partial charge in [0, 0.05) is 25.3 Å². The monoisotopic (exact) mass is 253 g/mol. The molecule has 2 N–H and O–H groups in total. The van der Waals surface area contributed by atoms with Gasteiger partial charge in [0.1, 0.15) is 5.78 Å². The Kier molecular flexibility index (Phi) is 6.65. The minimum Gasteiger partial charge on any atom is -0.395 e. The second-order valence-electron chi connectivity index (χ2n) is 4.76. The summed E-state index contributed by atoms with van der Waals surface area (Å²) in [5, 5.41) is 11.3. The molecule has 1 rings (SSSR count). The number of carbonyl (C=O) groups excluding carboxylic acids is 2. The van der Waals surface area contributed by atoms with Gasteiger partial charge in [0.15, 0.2) is 0 Å². The van der Waals surface area contributed by atoms with Crippen molar-refractivity contribution in [2.45, 2.75) is 39.0 Å². The van der Waals surface area contributed by atoms with Crippen LogP contribution in [0.2, 0.25) is 0 Å². The molecule has 18 heavy (non-hydrogen) atoms. The van der Waals surface area contributed by atoms with Gasteiger partial charge in [-0.1, -0.05) is 19.1 Å². The van der Waals surface area contributed by atoms with Crippen LogP contribution in [0.15, 0.2) is 12.2 Å². The molecule has 102 valence electrons. The molecule has 1 fully saturated rings. The predicted octanol–water partition coefficient (Wildman–Crippen LogP) is 1.44. The fourth-order valence-corrected chi connectivity index (χ4v) is 2.46. The molecule has 4 nitrogen and oxygen atoms in total. The number of nitrogens with one attached hydrogen (secondary N) is 1. The highest BCUT2D eigenvalue weighted by Crippen LogP contribution is 2.33. The molecule has 4 heteroatoms. The van der Waals surface area contributed by atoms with Crippen LogP contribution in [0.25, 0.3) is 0 Å². The van der Waals surface area contributed by atoms with Crippen LogP contribution in [0, 0.1) is 11.8 Å². The van der Waals surface area contributed by atoms with Crippen molar-refractivity contribution in [1.82, 2.24) is 5.32 Å². The Hall–Kier alpha value is -1.16. The van der Waals surface area contributed by atoms with Crippen LogP contribution >= 0.6 is 0 Å². The molecule has 0 heterocycles. The molecule has 0 saturated heterocycles. The van der Waals surface area contributed by atoms with Crippen molar-refractivity contribution in [2.75, 3.05) is 13.2 Å². The zero-order valence-electron chi connectivity index (χ0n) is 11.0. The summed E-state index contributed by atoms with van der Waals surface area (Å²) >= 11 is 0. The van der Waals surface area contributed by atoms with Crippen LogP contribution in [0.4, 0.5) is 0 Å². The van der Waals surface area contributed by atoms with E-state index in [1.165, 1.54) is 0 Å². The summed E-state index contributed by atoms with van der Waals surface area (Å²) in [5.41, 5.74) is 0. The molecule has 1 aliphatic rings. The summed E-state index contributed by atoms with van der Waals surface area (Å²) in [6, 6.07) is 0. The van der Waals surface area contributed by atoms with Gasteiger partial charge in [-0.25, -0.2) is 0 Å². The summed E-state index contributed by atoms with van der Waals surface area (Å²) in [4.78, 5) is 23.4. The van der Waals surface area contributed by atoms with Gasteiger partial charge in [0.05, 0.1) is 6.61 Å². The predicted molar refractivity (Wildman–Crippen MR) is 70.0 cm³/mol. The Bertz CT molecular complexity index is 312. The number of Topliss-reactive ketones (excluding diaryl/α,β-unsaturated/α-hetero) is 1. The van der Waals surface area contributed by atoms with Crippen LogP contribution in [0.3, 0.4) is 0 Å². The highest BCUT2D eigenvalue weighted by atomic mass is 16.3. The molecule has 0 aromatic rings. The summed E-state index contributed by atoms with van der Waals surface area (Å²) in [6.45, 7) is 2.31. The molecular formula is C14H23NO3. The lowest BCUT2D eigenvalue weighted by Crippen LogP contribution is -2.29. The van der Waals surface area contributed by atoms with Gasteiger partial charge < -0.3 is 10.4 Å². The average molecular weight is 253 g/mol. The normalized spacial score (nSPS) is 23.8. The largest absolute Gasteiger partial charge is 0.395 e. The van der Waals surface area contributed by atoms with Gasteiger partial charge in [0.2, 0.25) is 5.91 Å². The van der Waals surface area contributed by atoms with E-state index in [9.17, 15) is 9.59 Å². The van der Waals surface area contributed by atoms with E-state index in [0.717, 1.165) is 19.3 Å². The number of hydrogen-bond donors (Lipinski definition) is 2. The molecule has 0 aromatic carbocycles. The first-order chi connectivity index (χ1) is 8.69. The minimum atomic E-state index is -0.0618. The SMILES string of the molecule is CCC=CC[C@H]1C(=O)CC[C@@H]1CC(=O)NCCO. The van der Waals surface area contributed by atoms with E-state index in [4.69, 9.17) is 5.11 Å². The van der Waals surface area contributed by atoms with Gasteiger partial charge >= 0.3 is 0 Å². The molecule has 1 saturated carbocycles. The van der Waals surface area contributed by atoms with E-state index >= 15 is 0 Å². The smallest absolute Gasteiger partial charge is 0.220 e. The standard InChI is InChI=1S/C14H23NO3/c1-2-3-4-5-12-11(6-7-13(12)17)10-14(18)15-8-9-16/h3-4,11-12,16H,2,5-10H2,1H3,(H,15,18)/t11-,12-/m1/s1. The Morgan fingerprint density at radius 3 is 2.94 bits per heavy atom. The van der Waals surface area contributed by atoms with Crippen LogP contribution in [0.5, 0.6) is 0 Å². The third kappa shape index (κ3) is 4.61. The van der Waals surface area contributed by atoms with Crippen molar-refractivity contribution >= 4 is 11.7 Å². The molecule has 0 bridgehead atoms. The Labute approximate surface area is 108 Å².